The molecule has 2 rings (SSSR count). The van der Waals surface area contributed by atoms with E-state index in [0.717, 1.165) is 5.69 Å². The van der Waals surface area contributed by atoms with Gasteiger partial charge in [-0.15, -0.1) is 0 Å². The number of esters is 1. The van der Waals surface area contributed by atoms with Crippen LogP contribution < -0.4 is 5.32 Å². The maximum absolute atomic E-state index is 11.6. The van der Waals surface area contributed by atoms with Gasteiger partial charge in [0, 0.05) is 23.1 Å². The molecule has 0 unspecified atom stereocenters. The molecule has 1 N–H and O–H groups in total. The number of carbonyl (C=O) groups excluding carboxylic acids is 1. The lowest BCUT2D eigenvalue weighted by atomic mass is 10.1. The first kappa shape index (κ1) is 13.3. The minimum atomic E-state index is -0.441. The van der Waals surface area contributed by atoms with E-state index in [1.807, 2.05) is 0 Å². The molecule has 98 valence electrons. The number of hydrogen-bond acceptors (Lipinski definition) is 5. The lowest BCUT2D eigenvalue weighted by Crippen LogP contribution is -2.09. The van der Waals surface area contributed by atoms with Gasteiger partial charge in [-0.05, 0) is 18.2 Å². The third-order valence-electron chi connectivity index (χ3n) is 2.46. The molecule has 19 heavy (non-hydrogen) atoms. The van der Waals surface area contributed by atoms with Crippen molar-refractivity contribution in [3.63, 3.8) is 0 Å². The average molecular weight is 278 g/mol. The van der Waals surface area contributed by atoms with Crippen molar-refractivity contribution in [1.82, 2.24) is 9.97 Å². The number of hydrogen-bond donors (Lipinski definition) is 1. The van der Waals surface area contributed by atoms with E-state index in [-0.39, 0.29) is 0 Å². The van der Waals surface area contributed by atoms with Gasteiger partial charge in [-0.3, -0.25) is 9.97 Å². The average Bonchev–Trinajstić information content (AvgIpc) is 2.46. The molecule has 0 fully saturated rings. The standard InChI is InChI=1S/C13H12ClN3O2/c1-19-13(18)11-6-9(14)2-3-12(11)17-8-10-7-15-4-5-16-10/h2-7,17H,8H2,1H3. The lowest BCUT2D eigenvalue weighted by molar-refractivity contribution is 0.0602. The van der Waals surface area contributed by atoms with Crippen LogP contribution in [0.2, 0.25) is 5.02 Å². The summed E-state index contributed by atoms with van der Waals surface area (Å²) in [5.41, 5.74) is 1.80. The third kappa shape index (κ3) is 3.42. The second kappa shape index (κ2) is 6.15. The van der Waals surface area contributed by atoms with E-state index in [1.54, 1.807) is 36.8 Å². The van der Waals surface area contributed by atoms with Gasteiger partial charge in [0.2, 0.25) is 0 Å². The van der Waals surface area contributed by atoms with E-state index in [1.165, 1.54) is 7.11 Å². The van der Waals surface area contributed by atoms with Gasteiger partial charge >= 0.3 is 5.97 Å². The van der Waals surface area contributed by atoms with Gasteiger partial charge < -0.3 is 10.1 Å². The molecule has 0 aliphatic heterocycles. The monoisotopic (exact) mass is 277 g/mol. The van der Waals surface area contributed by atoms with Crippen molar-refractivity contribution in [2.45, 2.75) is 6.54 Å². The molecule has 0 saturated carbocycles. The summed E-state index contributed by atoms with van der Waals surface area (Å²) in [6.07, 6.45) is 4.87. The molecule has 0 spiro atoms. The lowest BCUT2D eigenvalue weighted by Gasteiger charge is -2.10. The minimum Gasteiger partial charge on any atom is -0.465 e. The molecule has 0 aliphatic carbocycles. The highest BCUT2D eigenvalue weighted by Crippen LogP contribution is 2.21. The highest BCUT2D eigenvalue weighted by Gasteiger charge is 2.12. The van der Waals surface area contributed by atoms with Gasteiger partial charge in [-0.2, -0.15) is 0 Å². The number of aromatic nitrogens is 2. The number of carbonyl (C=O) groups is 1. The van der Waals surface area contributed by atoms with Crippen molar-refractivity contribution < 1.29 is 9.53 Å². The Balaban J connectivity index is 2.18. The van der Waals surface area contributed by atoms with E-state index in [9.17, 15) is 4.79 Å². The molecule has 1 heterocycles. The maximum atomic E-state index is 11.6. The summed E-state index contributed by atoms with van der Waals surface area (Å²) in [6.45, 7) is 0.458. The Kier molecular flexibility index (Phi) is 4.30. The maximum Gasteiger partial charge on any atom is 0.340 e. The van der Waals surface area contributed by atoms with Crippen molar-refractivity contribution in [3.8, 4) is 0 Å². The highest BCUT2D eigenvalue weighted by atomic mass is 35.5. The zero-order valence-electron chi connectivity index (χ0n) is 10.3. The quantitative estimate of drug-likeness (QED) is 0.870. The topological polar surface area (TPSA) is 64.1 Å². The van der Waals surface area contributed by atoms with Crippen LogP contribution in [0.3, 0.4) is 0 Å². The number of methoxy groups -OCH3 is 1. The fourth-order valence-corrected chi connectivity index (χ4v) is 1.73. The summed E-state index contributed by atoms with van der Waals surface area (Å²) in [5.74, 6) is -0.441. The molecule has 0 amide bonds. The van der Waals surface area contributed by atoms with E-state index in [0.29, 0.717) is 22.8 Å². The Labute approximate surface area is 115 Å². The second-order valence-corrected chi connectivity index (χ2v) is 4.17. The smallest absolute Gasteiger partial charge is 0.340 e. The summed E-state index contributed by atoms with van der Waals surface area (Å²) in [4.78, 5) is 19.8. The van der Waals surface area contributed by atoms with Gasteiger partial charge in [-0.1, -0.05) is 11.6 Å². The fraction of sp³-hybridized carbons (Fsp3) is 0.154. The van der Waals surface area contributed by atoms with Crippen LogP contribution in [-0.4, -0.2) is 23.0 Å². The van der Waals surface area contributed by atoms with Crippen LogP contribution in [0.1, 0.15) is 16.1 Å². The second-order valence-electron chi connectivity index (χ2n) is 3.73. The van der Waals surface area contributed by atoms with Gasteiger partial charge in [0.05, 0.1) is 31.1 Å². The SMILES string of the molecule is COC(=O)c1cc(Cl)ccc1NCc1cnccn1. The van der Waals surface area contributed by atoms with Crippen molar-refractivity contribution in [2.24, 2.45) is 0 Å². The van der Waals surface area contributed by atoms with Gasteiger partial charge in [0.1, 0.15) is 0 Å². The zero-order chi connectivity index (χ0) is 13.7. The predicted octanol–water partition coefficient (Wildman–Crippen LogP) is 2.53. The van der Waals surface area contributed by atoms with E-state index in [4.69, 9.17) is 16.3 Å². The van der Waals surface area contributed by atoms with Crippen LogP contribution in [0.25, 0.3) is 0 Å². The summed E-state index contributed by atoms with van der Waals surface area (Å²) < 4.78 is 4.72. The first-order valence-corrected chi connectivity index (χ1v) is 5.95. The van der Waals surface area contributed by atoms with Crippen LogP contribution in [0.15, 0.2) is 36.8 Å². The predicted molar refractivity (Wildman–Crippen MR) is 72.2 cm³/mol. The van der Waals surface area contributed by atoms with Crippen molar-refractivity contribution in [2.75, 3.05) is 12.4 Å². The Morgan fingerprint density at radius 3 is 2.95 bits per heavy atom. The molecule has 6 heteroatoms. The van der Waals surface area contributed by atoms with E-state index < -0.39 is 5.97 Å². The molecule has 0 radical (unpaired) electrons. The summed E-state index contributed by atoms with van der Waals surface area (Å²) in [6, 6.07) is 4.99. The number of anilines is 1. The van der Waals surface area contributed by atoms with Crippen molar-refractivity contribution in [3.05, 3.63) is 53.1 Å². The molecule has 0 aliphatic rings. The Bertz CT molecular complexity index is 575. The number of rotatable bonds is 4. The van der Waals surface area contributed by atoms with Gasteiger partial charge in [-0.25, -0.2) is 4.79 Å². The van der Waals surface area contributed by atoms with Crippen LogP contribution in [0.5, 0.6) is 0 Å². The molecule has 1 aromatic carbocycles. The molecule has 5 nitrogen and oxygen atoms in total. The summed E-state index contributed by atoms with van der Waals surface area (Å²) in [5, 5.41) is 3.59. The zero-order valence-corrected chi connectivity index (χ0v) is 11.0. The first-order valence-electron chi connectivity index (χ1n) is 5.57. The number of nitrogens with one attached hydrogen (secondary N) is 1. The number of benzene rings is 1. The van der Waals surface area contributed by atoms with Gasteiger partial charge in [0.15, 0.2) is 0 Å². The van der Waals surface area contributed by atoms with Crippen LogP contribution in [0, 0.1) is 0 Å². The normalized spacial score (nSPS) is 10.0. The van der Waals surface area contributed by atoms with E-state index in [2.05, 4.69) is 15.3 Å². The minimum absolute atomic E-state index is 0.388. The van der Waals surface area contributed by atoms with Crippen molar-refractivity contribution in [1.29, 1.82) is 0 Å². The van der Waals surface area contributed by atoms with E-state index >= 15 is 0 Å². The molecule has 0 bridgehead atoms. The fourth-order valence-electron chi connectivity index (χ4n) is 1.56. The molecule has 0 saturated heterocycles. The Hall–Kier alpha value is -2.14. The van der Waals surface area contributed by atoms with Crippen LogP contribution in [-0.2, 0) is 11.3 Å². The molecule has 1 aromatic heterocycles. The largest absolute Gasteiger partial charge is 0.465 e. The Morgan fingerprint density at radius 2 is 2.26 bits per heavy atom. The molecule has 2 aromatic rings. The number of ether oxygens (including phenoxy) is 1. The van der Waals surface area contributed by atoms with Crippen LogP contribution >= 0.6 is 11.6 Å². The van der Waals surface area contributed by atoms with Crippen LogP contribution in [0.4, 0.5) is 5.69 Å². The first-order chi connectivity index (χ1) is 9.20. The Morgan fingerprint density at radius 1 is 1.42 bits per heavy atom. The van der Waals surface area contributed by atoms with Gasteiger partial charge in [0.25, 0.3) is 0 Å². The number of halogens is 1. The third-order valence-corrected chi connectivity index (χ3v) is 2.70. The summed E-state index contributed by atoms with van der Waals surface area (Å²) in [7, 11) is 1.33. The molecular weight excluding hydrogens is 266 g/mol. The molecular formula is C13H12ClN3O2. The molecule has 0 atom stereocenters. The number of nitrogens with zero attached hydrogens (tertiary/aromatic N) is 2. The van der Waals surface area contributed by atoms with Crippen molar-refractivity contribution >= 4 is 23.3 Å². The summed E-state index contributed by atoms with van der Waals surface area (Å²) >= 11 is 5.88. The highest BCUT2D eigenvalue weighted by molar-refractivity contribution is 6.31.